The number of hydrogen-bond acceptors (Lipinski definition) is 6. The molecule has 6 aromatic rings. The molecule has 0 spiro atoms. The largest absolute Gasteiger partial charge is 0.335 e. The lowest BCUT2D eigenvalue weighted by atomic mass is 10.1. The number of nitrogens with zero attached hydrogens (tertiary/aromatic N) is 6. The van der Waals surface area contributed by atoms with Gasteiger partial charge in [-0.25, -0.2) is 9.97 Å². The Morgan fingerprint density at radius 1 is 0.839 bits per heavy atom. The molecule has 0 radical (unpaired) electrons. The molecule has 0 bridgehead atoms. The Morgan fingerprint density at radius 3 is 2.58 bits per heavy atom. The highest BCUT2D eigenvalue weighted by atomic mass is 15.1. The number of aryl methyl sites for hydroxylation is 1. The minimum Gasteiger partial charge on any atom is -0.335 e. The van der Waals surface area contributed by atoms with Gasteiger partial charge in [0.05, 0.1) is 22.9 Å². The standard InChI is InChI=1S/C23H16N8/c1-13-2-6-25-11-17(13)18-10-16-19(12-27-18)30-31-21(16)23-28-20-15(5-9-26-22(20)29-23)14-3-7-24-8-4-14/h2-12H,1H3,(H,30,31)(H,26,28,29). The zero-order valence-corrected chi connectivity index (χ0v) is 16.5. The average molecular weight is 404 g/mol. The highest BCUT2D eigenvalue weighted by molar-refractivity contribution is 5.96. The van der Waals surface area contributed by atoms with Gasteiger partial charge in [0.25, 0.3) is 0 Å². The molecule has 6 aromatic heterocycles. The molecule has 0 amide bonds. The molecule has 0 aliphatic heterocycles. The number of hydrogen-bond donors (Lipinski definition) is 2. The van der Waals surface area contributed by atoms with Crippen molar-refractivity contribution in [3.63, 3.8) is 0 Å². The summed E-state index contributed by atoms with van der Waals surface area (Å²) in [5.74, 6) is 0.648. The van der Waals surface area contributed by atoms with Crippen molar-refractivity contribution in [2.24, 2.45) is 0 Å². The lowest BCUT2D eigenvalue weighted by Gasteiger charge is -2.04. The van der Waals surface area contributed by atoms with E-state index in [1.165, 1.54) is 0 Å². The van der Waals surface area contributed by atoms with Crippen molar-refractivity contribution >= 4 is 22.1 Å². The van der Waals surface area contributed by atoms with Crippen LogP contribution >= 0.6 is 0 Å². The SMILES string of the molecule is Cc1ccncc1-c1cc2c(-c3nc4nccc(-c5ccncc5)c4[nH]3)n[nH]c2cn1. The number of imidazole rings is 1. The van der Waals surface area contributed by atoms with E-state index >= 15 is 0 Å². The summed E-state index contributed by atoms with van der Waals surface area (Å²) in [4.78, 5) is 25.5. The van der Waals surface area contributed by atoms with Crippen LogP contribution in [0.3, 0.4) is 0 Å². The molecule has 0 aliphatic rings. The van der Waals surface area contributed by atoms with Gasteiger partial charge in [-0.2, -0.15) is 5.10 Å². The number of fused-ring (bicyclic) bond motifs is 2. The number of aromatic nitrogens is 8. The average Bonchev–Trinajstić information content (AvgIpc) is 3.43. The van der Waals surface area contributed by atoms with Crippen molar-refractivity contribution in [3.8, 4) is 33.9 Å². The van der Waals surface area contributed by atoms with Gasteiger partial charge in [0.2, 0.25) is 0 Å². The fourth-order valence-corrected chi connectivity index (χ4v) is 3.77. The normalized spacial score (nSPS) is 11.4. The van der Waals surface area contributed by atoms with Crippen molar-refractivity contribution in [1.29, 1.82) is 0 Å². The van der Waals surface area contributed by atoms with Gasteiger partial charge in [0, 0.05) is 47.5 Å². The zero-order valence-electron chi connectivity index (χ0n) is 16.5. The van der Waals surface area contributed by atoms with Crippen molar-refractivity contribution in [1.82, 2.24) is 40.1 Å². The van der Waals surface area contributed by atoms with E-state index in [2.05, 4.69) is 35.1 Å². The first-order valence-corrected chi connectivity index (χ1v) is 9.78. The molecule has 2 N–H and O–H groups in total. The molecule has 0 atom stereocenters. The Bertz CT molecular complexity index is 1550. The third-order valence-electron chi connectivity index (χ3n) is 5.37. The fourth-order valence-electron chi connectivity index (χ4n) is 3.77. The molecule has 6 heterocycles. The summed E-state index contributed by atoms with van der Waals surface area (Å²) >= 11 is 0. The number of H-pyrrole nitrogens is 2. The summed E-state index contributed by atoms with van der Waals surface area (Å²) in [6, 6.07) is 9.89. The Labute approximate surface area is 176 Å². The molecular formula is C23H16N8. The van der Waals surface area contributed by atoms with Crippen LogP contribution in [0.2, 0.25) is 0 Å². The third kappa shape index (κ3) is 2.84. The van der Waals surface area contributed by atoms with E-state index < -0.39 is 0 Å². The van der Waals surface area contributed by atoms with Crippen LogP contribution < -0.4 is 0 Å². The molecule has 0 aliphatic carbocycles. The Hall–Kier alpha value is -4.46. The van der Waals surface area contributed by atoms with Crippen LogP contribution in [-0.4, -0.2) is 40.1 Å². The molecule has 8 heteroatoms. The van der Waals surface area contributed by atoms with Crippen LogP contribution in [-0.2, 0) is 0 Å². The summed E-state index contributed by atoms with van der Waals surface area (Å²) in [6.07, 6.45) is 10.7. The fraction of sp³-hybridized carbons (Fsp3) is 0.0435. The predicted octanol–water partition coefficient (Wildman–Crippen LogP) is 4.33. The minimum atomic E-state index is 0.637. The highest BCUT2D eigenvalue weighted by Crippen LogP contribution is 2.32. The maximum atomic E-state index is 4.71. The van der Waals surface area contributed by atoms with Crippen LogP contribution in [0.5, 0.6) is 0 Å². The first-order chi connectivity index (χ1) is 15.3. The highest BCUT2D eigenvalue weighted by Gasteiger charge is 2.17. The quantitative estimate of drug-likeness (QED) is 0.454. The maximum Gasteiger partial charge on any atom is 0.178 e. The Morgan fingerprint density at radius 2 is 1.71 bits per heavy atom. The zero-order chi connectivity index (χ0) is 20.8. The summed E-state index contributed by atoms with van der Waals surface area (Å²) < 4.78 is 0. The maximum absolute atomic E-state index is 4.71. The monoisotopic (exact) mass is 404 g/mol. The van der Waals surface area contributed by atoms with Crippen LogP contribution in [0.1, 0.15) is 5.56 Å². The predicted molar refractivity (Wildman–Crippen MR) is 118 cm³/mol. The van der Waals surface area contributed by atoms with E-state index in [0.717, 1.165) is 50.1 Å². The van der Waals surface area contributed by atoms with Gasteiger partial charge in [-0.15, -0.1) is 0 Å². The molecule has 0 aromatic carbocycles. The molecule has 0 saturated carbocycles. The van der Waals surface area contributed by atoms with Gasteiger partial charge < -0.3 is 4.98 Å². The number of aromatic amines is 2. The van der Waals surface area contributed by atoms with Gasteiger partial charge in [-0.05, 0) is 48.4 Å². The summed E-state index contributed by atoms with van der Waals surface area (Å²) in [6.45, 7) is 2.05. The van der Waals surface area contributed by atoms with Gasteiger partial charge >= 0.3 is 0 Å². The van der Waals surface area contributed by atoms with E-state index in [0.29, 0.717) is 11.5 Å². The summed E-state index contributed by atoms with van der Waals surface area (Å²) in [7, 11) is 0. The molecule has 31 heavy (non-hydrogen) atoms. The lowest BCUT2D eigenvalue weighted by molar-refractivity contribution is 1.10. The minimum absolute atomic E-state index is 0.637. The van der Waals surface area contributed by atoms with E-state index in [1.807, 2.05) is 43.5 Å². The van der Waals surface area contributed by atoms with E-state index in [-0.39, 0.29) is 0 Å². The van der Waals surface area contributed by atoms with Gasteiger partial charge in [0.15, 0.2) is 11.5 Å². The molecule has 6 rings (SSSR count). The lowest BCUT2D eigenvalue weighted by Crippen LogP contribution is -1.89. The number of pyridine rings is 4. The molecule has 148 valence electrons. The topological polar surface area (TPSA) is 109 Å². The first kappa shape index (κ1) is 17.4. The van der Waals surface area contributed by atoms with E-state index in [9.17, 15) is 0 Å². The molecular weight excluding hydrogens is 388 g/mol. The van der Waals surface area contributed by atoms with Crippen LogP contribution in [0, 0.1) is 6.92 Å². The smallest absolute Gasteiger partial charge is 0.178 e. The number of rotatable bonds is 3. The van der Waals surface area contributed by atoms with Crippen molar-refractivity contribution in [2.75, 3.05) is 0 Å². The molecule has 8 nitrogen and oxygen atoms in total. The van der Waals surface area contributed by atoms with Crippen LogP contribution in [0.4, 0.5) is 0 Å². The van der Waals surface area contributed by atoms with Gasteiger partial charge in [-0.1, -0.05) is 0 Å². The van der Waals surface area contributed by atoms with E-state index in [1.54, 1.807) is 31.0 Å². The Balaban J connectivity index is 1.52. The van der Waals surface area contributed by atoms with Gasteiger partial charge in [-0.3, -0.25) is 20.1 Å². The van der Waals surface area contributed by atoms with Crippen LogP contribution in [0.15, 0.2) is 67.5 Å². The first-order valence-electron chi connectivity index (χ1n) is 9.78. The summed E-state index contributed by atoms with van der Waals surface area (Å²) in [5, 5.41) is 8.49. The third-order valence-corrected chi connectivity index (χ3v) is 5.37. The van der Waals surface area contributed by atoms with E-state index in [4.69, 9.17) is 4.98 Å². The van der Waals surface area contributed by atoms with Crippen molar-refractivity contribution in [2.45, 2.75) is 6.92 Å². The van der Waals surface area contributed by atoms with Crippen molar-refractivity contribution < 1.29 is 0 Å². The molecule has 0 fully saturated rings. The van der Waals surface area contributed by atoms with Crippen LogP contribution in [0.25, 0.3) is 56.0 Å². The summed E-state index contributed by atoms with van der Waals surface area (Å²) in [5.41, 5.74) is 8.05. The molecule has 0 unspecified atom stereocenters. The second-order valence-electron chi connectivity index (χ2n) is 7.26. The number of nitrogens with one attached hydrogen (secondary N) is 2. The second kappa shape index (κ2) is 6.81. The van der Waals surface area contributed by atoms with Gasteiger partial charge in [0.1, 0.15) is 5.69 Å². The second-order valence-corrected chi connectivity index (χ2v) is 7.26. The molecule has 0 saturated heterocycles. The van der Waals surface area contributed by atoms with Crippen molar-refractivity contribution in [3.05, 3.63) is 73.1 Å². The Kier molecular flexibility index (Phi) is 3.82.